The van der Waals surface area contributed by atoms with Gasteiger partial charge in [-0.05, 0) is 38.3 Å². The Labute approximate surface area is 74.5 Å². The molecule has 1 atom stereocenters. The highest BCUT2D eigenvalue weighted by Crippen LogP contribution is 2.19. The van der Waals surface area contributed by atoms with Crippen molar-refractivity contribution in [3.8, 4) is 0 Å². The molecule has 0 saturated carbocycles. The van der Waals surface area contributed by atoms with Crippen molar-refractivity contribution < 1.29 is 5.11 Å². The maximum absolute atomic E-state index is 8.73. The molecular formula is C9H20N2O. The van der Waals surface area contributed by atoms with E-state index in [4.69, 9.17) is 10.8 Å². The Morgan fingerprint density at radius 2 is 2.33 bits per heavy atom. The van der Waals surface area contributed by atoms with Crippen LogP contribution in [0.4, 0.5) is 0 Å². The molecule has 1 unspecified atom stereocenters. The third-order valence-corrected chi connectivity index (χ3v) is 2.60. The summed E-state index contributed by atoms with van der Waals surface area (Å²) in [5.41, 5.74) is 5.45. The maximum Gasteiger partial charge on any atom is 0.0558 e. The van der Waals surface area contributed by atoms with Crippen LogP contribution in [0.25, 0.3) is 0 Å². The fraction of sp³-hybridized carbons (Fsp3) is 1.00. The standard InChI is InChI=1S/C9H20N2O/c10-4-1-2-9-3-5-11(8-9)6-7-12/h9,12H,1-8,10H2. The smallest absolute Gasteiger partial charge is 0.0558 e. The van der Waals surface area contributed by atoms with Crippen LogP contribution in [0.1, 0.15) is 19.3 Å². The Hall–Kier alpha value is -0.120. The number of β-amino-alcohol motifs (C(OH)–C–C–N with tert-alkyl or cyclic N) is 1. The van der Waals surface area contributed by atoms with E-state index in [1.807, 2.05) is 0 Å². The van der Waals surface area contributed by atoms with Crippen molar-refractivity contribution in [2.24, 2.45) is 11.7 Å². The van der Waals surface area contributed by atoms with Gasteiger partial charge in [0.1, 0.15) is 0 Å². The first-order valence-corrected chi connectivity index (χ1v) is 4.90. The van der Waals surface area contributed by atoms with Crippen LogP contribution < -0.4 is 5.73 Å². The first-order valence-electron chi connectivity index (χ1n) is 4.90. The number of rotatable bonds is 5. The van der Waals surface area contributed by atoms with Gasteiger partial charge in [-0.1, -0.05) is 0 Å². The van der Waals surface area contributed by atoms with Gasteiger partial charge in [-0.3, -0.25) is 0 Å². The first kappa shape index (κ1) is 9.96. The minimum Gasteiger partial charge on any atom is -0.395 e. The van der Waals surface area contributed by atoms with Crippen LogP contribution in [0.3, 0.4) is 0 Å². The fourth-order valence-corrected chi connectivity index (χ4v) is 1.90. The van der Waals surface area contributed by atoms with E-state index < -0.39 is 0 Å². The van der Waals surface area contributed by atoms with E-state index in [0.29, 0.717) is 6.61 Å². The number of hydrogen-bond donors (Lipinski definition) is 2. The zero-order chi connectivity index (χ0) is 8.81. The van der Waals surface area contributed by atoms with E-state index >= 15 is 0 Å². The van der Waals surface area contributed by atoms with Crippen LogP contribution in [0.5, 0.6) is 0 Å². The van der Waals surface area contributed by atoms with Crippen molar-refractivity contribution in [1.82, 2.24) is 4.90 Å². The molecule has 1 saturated heterocycles. The Balaban J connectivity index is 2.08. The van der Waals surface area contributed by atoms with Crippen LogP contribution in [0.15, 0.2) is 0 Å². The molecule has 0 aromatic carbocycles. The summed E-state index contributed by atoms with van der Waals surface area (Å²) < 4.78 is 0. The average Bonchev–Trinajstić information content (AvgIpc) is 2.50. The van der Waals surface area contributed by atoms with Crippen molar-refractivity contribution >= 4 is 0 Å². The highest BCUT2D eigenvalue weighted by molar-refractivity contribution is 4.75. The third kappa shape index (κ3) is 3.09. The van der Waals surface area contributed by atoms with Crippen LogP contribution in [0, 0.1) is 5.92 Å². The van der Waals surface area contributed by atoms with E-state index in [1.165, 1.54) is 19.4 Å². The van der Waals surface area contributed by atoms with E-state index in [-0.39, 0.29) is 0 Å². The van der Waals surface area contributed by atoms with Crippen molar-refractivity contribution in [3.63, 3.8) is 0 Å². The lowest BCUT2D eigenvalue weighted by molar-refractivity contribution is 0.216. The van der Waals surface area contributed by atoms with E-state index in [1.54, 1.807) is 0 Å². The van der Waals surface area contributed by atoms with Gasteiger partial charge in [0.2, 0.25) is 0 Å². The first-order chi connectivity index (χ1) is 5.86. The Kier molecular flexibility index (Phi) is 4.58. The Morgan fingerprint density at radius 3 is 3.00 bits per heavy atom. The van der Waals surface area contributed by atoms with Crippen molar-refractivity contribution in [2.45, 2.75) is 19.3 Å². The second-order valence-electron chi connectivity index (χ2n) is 3.61. The number of hydrogen-bond acceptors (Lipinski definition) is 3. The van der Waals surface area contributed by atoms with E-state index in [9.17, 15) is 0 Å². The molecule has 0 radical (unpaired) electrons. The maximum atomic E-state index is 8.73. The molecule has 0 amide bonds. The normalized spacial score (nSPS) is 25.0. The lowest BCUT2D eigenvalue weighted by atomic mass is 10.0. The van der Waals surface area contributed by atoms with Gasteiger partial charge in [-0.2, -0.15) is 0 Å². The molecule has 0 aromatic rings. The van der Waals surface area contributed by atoms with Gasteiger partial charge < -0.3 is 15.7 Å². The summed E-state index contributed by atoms with van der Waals surface area (Å²) in [5, 5.41) is 8.73. The molecule has 0 aromatic heterocycles. The Bertz CT molecular complexity index is 119. The minimum atomic E-state index is 0.295. The molecule has 0 bridgehead atoms. The van der Waals surface area contributed by atoms with Gasteiger partial charge in [-0.15, -0.1) is 0 Å². The predicted molar refractivity (Wildman–Crippen MR) is 49.9 cm³/mol. The molecule has 1 aliphatic heterocycles. The van der Waals surface area contributed by atoms with Crippen molar-refractivity contribution in [2.75, 3.05) is 32.8 Å². The number of likely N-dealkylation sites (tertiary alicyclic amines) is 1. The van der Waals surface area contributed by atoms with Gasteiger partial charge in [0.15, 0.2) is 0 Å². The van der Waals surface area contributed by atoms with E-state index in [2.05, 4.69) is 4.90 Å². The highest BCUT2D eigenvalue weighted by atomic mass is 16.3. The summed E-state index contributed by atoms with van der Waals surface area (Å²) in [5.74, 6) is 0.833. The molecule has 3 heteroatoms. The van der Waals surface area contributed by atoms with Crippen molar-refractivity contribution in [1.29, 1.82) is 0 Å². The third-order valence-electron chi connectivity index (χ3n) is 2.60. The molecule has 12 heavy (non-hydrogen) atoms. The molecule has 1 aliphatic rings. The molecular weight excluding hydrogens is 152 g/mol. The summed E-state index contributed by atoms with van der Waals surface area (Å²) >= 11 is 0. The predicted octanol–water partition coefficient (Wildman–Crippen LogP) is 0.0395. The topological polar surface area (TPSA) is 49.5 Å². The molecule has 0 aliphatic carbocycles. The number of aliphatic hydroxyl groups excluding tert-OH is 1. The quantitative estimate of drug-likeness (QED) is 0.615. The second kappa shape index (κ2) is 5.51. The molecule has 1 rings (SSSR count). The second-order valence-corrected chi connectivity index (χ2v) is 3.61. The molecule has 1 heterocycles. The SMILES string of the molecule is NCCCC1CCN(CCO)C1. The van der Waals surface area contributed by atoms with Crippen LogP contribution in [-0.4, -0.2) is 42.8 Å². The molecule has 3 N–H and O–H groups in total. The summed E-state index contributed by atoms with van der Waals surface area (Å²) in [6.45, 7) is 4.29. The minimum absolute atomic E-state index is 0.295. The monoisotopic (exact) mass is 172 g/mol. The van der Waals surface area contributed by atoms with Crippen LogP contribution >= 0.6 is 0 Å². The zero-order valence-corrected chi connectivity index (χ0v) is 7.71. The van der Waals surface area contributed by atoms with Gasteiger partial charge in [-0.25, -0.2) is 0 Å². The summed E-state index contributed by atoms with van der Waals surface area (Å²) in [6.07, 6.45) is 3.70. The summed E-state index contributed by atoms with van der Waals surface area (Å²) in [4.78, 5) is 2.33. The lowest BCUT2D eigenvalue weighted by Crippen LogP contribution is -2.24. The summed E-state index contributed by atoms with van der Waals surface area (Å²) in [7, 11) is 0. The van der Waals surface area contributed by atoms with Crippen LogP contribution in [0.2, 0.25) is 0 Å². The van der Waals surface area contributed by atoms with Gasteiger partial charge >= 0.3 is 0 Å². The van der Waals surface area contributed by atoms with Gasteiger partial charge in [0, 0.05) is 13.1 Å². The average molecular weight is 172 g/mol. The van der Waals surface area contributed by atoms with Crippen LogP contribution in [-0.2, 0) is 0 Å². The Morgan fingerprint density at radius 1 is 1.50 bits per heavy atom. The molecule has 1 fully saturated rings. The molecule has 72 valence electrons. The number of nitrogens with two attached hydrogens (primary N) is 1. The van der Waals surface area contributed by atoms with E-state index in [0.717, 1.165) is 32.0 Å². The number of aliphatic hydroxyl groups is 1. The lowest BCUT2D eigenvalue weighted by Gasteiger charge is -2.13. The van der Waals surface area contributed by atoms with Gasteiger partial charge in [0.05, 0.1) is 6.61 Å². The highest BCUT2D eigenvalue weighted by Gasteiger charge is 2.20. The number of nitrogens with zero attached hydrogens (tertiary/aromatic N) is 1. The zero-order valence-electron chi connectivity index (χ0n) is 7.71. The van der Waals surface area contributed by atoms with Gasteiger partial charge in [0.25, 0.3) is 0 Å². The molecule has 0 spiro atoms. The molecule has 3 nitrogen and oxygen atoms in total. The summed E-state index contributed by atoms with van der Waals surface area (Å²) in [6, 6.07) is 0. The van der Waals surface area contributed by atoms with Crippen molar-refractivity contribution in [3.05, 3.63) is 0 Å². The largest absolute Gasteiger partial charge is 0.395 e. The fourth-order valence-electron chi connectivity index (χ4n) is 1.90.